The van der Waals surface area contributed by atoms with Gasteiger partial charge in [-0.3, -0.25) is 0 Å². The monoisotopic (exact) mass is 281 g/mol. The summed E-state index contributed by atoms with van der Waals surface area (Å²) in [6.45, 7) is 1.02. The lowest BCUT2D eigenvalue weighted by molar-refractivity contribution is 0.717. The Labute approximate surface area is 116 Å². The molecule has 0 aliphatic rings. The molecule has 2 rings (SSSR count). The molecule has 1 aromatic heterocycles. The number of hydrogen-bond acceptors (Lipinski definition) is 4. The average Bonchev–Trinajstić information content (AvgIpc) is 2.80. The van der Waals surface area contributed by atoms with Crippen molar-refractivity contribution in [2.75, 3.05) is 13.6 Å². The molecule has 0 saturated heterocycles. The summed E-state index contributed by atoms with van der Waals surface area (Å²) in [6.07, 6.45) is 2.94. The molecule has 1 aromatic carbocycles. The molecule has 1 N–H and O–H groups in total. The molecule has 0 aliphatic heterocycles. The number of halogens is 1. The summed E-state index contributed by atoms with van der Waals surface area (Å²) in [4.78, 5) is 0. The number of rotatable bonds is 6. The Morgan fingerprint density at radius 2 is 1.89 bits per heavy atom. The lowest BCUT2D eigenvalue weighted by Gasteiger charge is -1.97. The highest BCUT2D eigenvalue weighted by molar-refractivity contribution is 7.11. The minimum Gasteiger partial charge on any atom is -0.320 e. The lowest BCUT2D eigenvalue weighted by atomic mass is 10.2. The Morgan fingerprint density at radius 1 is 1.17 bits per heavy atom. The van der Waals surface area contributed by atoms with E-state index >= 15 is 0 Å². The van der Waals surface area contributed by atoms with Gasteiger partial charge in [-0.2, -0.15) is 0 Å². The molecule has 18 heavy (non-hydrogen) atoms. The van der Waals surface area contributed by atoms with Gasteiger partial charge in [0.15, 0.2) is 0 Å². The van der Waals surface area contributed by atoms with Gasteiger partial charge in [0, 0.05) is 17.9 Å². The summed E-state index contributed by atoms with van der Waals surface area (Å²) >= 11 is 7.56. The summed E-state index contributed by atoms with van der Waals surface area (Å²) in [6, 6.07) is 7.88. The Morgan fingerprint density at radius 3 is 2.61 bits per heavy atom. The number of nitrogens with one attached hydrogen (secondary N) is 1. The van der Waals surface area contributed by atoms with Crippen molar-refractivity contribution in [3.63, 3.8) is 0 Å². The van der Waals surface area contributed by atoms with Gasteiger partial charge in [-0.25, -0.2) is 0 Å². The van der Waals surface area contributed by atoms with Gasteiger partial charge in [-0.05, 0) is 37.7 Å². The number of nitrogens with zero attached hydrogens (tertiary/aromatic N) is 2. The van der Waals surface area contributed by atoms with Crippen LogP contribution in [0.2, 0.25) is 5.02 Å². The average molecular weight is 282 g/mol. The third-order valence-corrected chi connectivity index (χ3v) is 3.83. The van der Waals surface area contributed by atoms with Crippen molar-refractivity contribution in [3.05, 3.63) is 44.9 Å². The standard InChI is InChI=1S/C13H16ClN3S/c1-15-8-2-3-12-16-17-13(18-12)9-10-4-6-11(14)7-5-10/h4-7,15H,2-3,8-9H2,1H3. The third kappa shape index (κ3) is 4.05. The molecule has 96 valence electrons. The van der Waals surface area contributed by atoms with E-state index in [0.29, 0.717) is 0 Å². The van der Waals surface area contributed by atoms with E-state index in [9.17, 15) is 0 Å². The van der Waals surface area contributed by atoms with Gasteiger partial charge in [0.05, 0.1) is 0 Å². The first kappa shape index (κ1) is 13.5. The molecule has 0 bridgehead atoms. The first-order chi connectivity index (χ1) is 8.78. The molecule has 0 saturated carbocycles. The smallest absolute Gasteiger partial charge is 0.121 e. The Balaban J connectivity index is 1.91. The fourth-order valence-corrected chi connectivity index (χ4v) is 2.70. The molecule has 2 aromatic rings. The van der Waals surface area contributed by atoms with Crippen LogP contribution >= 0.6 is 22.9 Å². The summed E-state index contributed by atoms with van der Waals surface area (Å²) in [7, 11) is 1.96. The largest absolute Gasteiger partial charge is 0.320 e. The highest BCUT2D eigenvalue weighted by Gasteiger charge is 2.05. The van der Waals surface area contributed by atoms with E-state index in [1.54, 1.807) is 11.3 Å². The van der Waals surface area contributed by atoms with Gasteiger partial charge in [0.1, 0.15) is 10.0 Å². The van der Waals surface area contributed by atoms with E-state index in [2.05, 4.69) is 15.5 Å². The number of hydrogen-bond donors (Lipinski definition) is 1. The van der Waals surface area contributed by atoms with Crippen molar-refractivity contribution < 1.29 is 0 Å². The van der Waals surface area contributed by atoms with Crippen molar-refractivity contribution in [1.82, 2.24) is 15.5 Å². The van der Waals surface area contributed by atoms with E-state index in [1.165, 1.54) is 5.56 Å². The van der Waals surface area contributed by atoms with Gasteiger partial charge < -0.3 is 5.32 Å². The van der Waals surface area contributed by atoms with Crippen LogP contribution < -0.4 is 5.32 Å². The van der Waals surface area contributed by atoms with Gasteiger partial charge >= 0.3 is 0 Å². The maximum atomic E-state index is 5.86. The predicted molar refractivity (Wildman–Crippen MR) is 76.4 cm³/mol. The molecule has 1 heterocycles. The van der Waals surface area contributed by atoms with Crippen molar-refractivity contribution >= 4 is 22.9 Å². The van der Waals surface area contributed by atoms with Crippen LogP contribution in [0.3, 0.4) is 0 Å². The highest BCUT2D eigenvalue weighted by atomic mass is 35.5. The number of aryl methyl sites for hydroxylation is 1. The molecule has 0 aliphatic carbocycles. The summed E-state index contributed by atoms with van der Waals surface area (Å²) in [5, 5.41) is 14.5. The Bertz CT molecular complexity index is 481. The quantitative estimate of drug-likeness (QED) is 0.828. The first-order valence-corrected chi connectivity index (χ1v) is 7.17. The van der Waals surface area contributed by atoms with E-state index in [4.69, 9.17) is 11.6 Å². The van der Waals surface area contributed by atoms with Crippen LogP contribution in [0.15, 0.2) is 24.3 Å². The molecule has 0 spiro atoms. The van der Waals surface area contributed by atoms with Gasteiger partial charge in [-0.1, -0.05) is 23.7 Å². The van der Waals surface area contributed by atoms with Crippen LogP contribution in [-0.4, -0.2) is 23.8 Å². The molecule has 0 atom stereocenters. The molecular formula is C13H16ClN3S. The summed E-state index contributed by atoms with van der Waals surface area (Å²) in [5.41, 5.74) is 1.22. The van der Waals surface area contributed by atoms with Crippen LogP contribution in [0.4, 0.5) is 0 Å². The van der Waals surface area contributed by atoms with Gasteiger partial charge in [0.2, 0.25) is 0 Å². The predicted octanol–water partition coefficient (Wildman–Crippen LogP) is 2.93. The zero-order valence-corrected chi connectivity index (χ0v) is 11.9. The molecule has 0 unspecified atom stereocenters. The molecule has 0 radical (unpaired) electrons. The van der Waals surface area contributed by atoms with Crippen LogP contribution in [-0.2, 0) is 12.8 Å². The second-order valence-electron chi connectivity index (χ2n) is 4.10. The van der Waals surface area contributed by atoms with Crippen LogP contribution in [0, 0.1) is 0 Å². The summed E-state index contributed by atoms with van der Waals surface area (Å²) in [5.74, 6) is 0. The van der Waals surface area contributed by atoms with Gasteiger partial charge in [0.25, 0.3) is 0 Å². The van der Waals surface area contributed by atoms with E-state index < -0.39 is 0 Å². The van der Waals surface area contributed by atoms with Crippen LogP contribution in [0.25, 0.3) is 0 Å². The van der Waals surface area contributed by atoms with Crippen molar-refractivity contribution in [2.24, 2.45) is 0 Å². The van der Waals surface area contributed by atoms with E-state index in [1.807, 2.05) is 31.3 Å². The Kier molecular flexibility index (Phi) is 5.11. The van der Waals surface area contributed by atoms with Gasteiger partial charge in [-0.15, -0.1) is 21.5 Å². The minimum atomic E-state index is 0.767. The van der Waals surface area contributed by atoms with E-state index in [0.717, 1.165) is 40.8 Å². The fraction of sp³-hybridized carbons (Fsp3) is 0.385. The zero-order chi connectivity index (χ0) is 12.8. The molecule has 0 fully saturated rings. The molecular weight excluding hydrogens is 266 g/mol. The van der Waals surface area contributed by atoms with Crippen molar-refractivity contribution in [3.8, 4) is 0 Å². The highest BCUT2D eigenvalue weighted by Crippen LogP contribution is 2.17. The SMILES string of the molecule is CNCCCc1nnc(Cc2ccc(Cl)cc2)s1. The molecule has 5 heteroatoms. The van der Waals surface area contributed by atoms with Crippen LogP contribution in [0.5, 0.6) is 0 Å². The normalized spacial score (nSPS) is 10.8. The van der Waals surface area contributed by atoms with E-state index in [-0.39, 0.29) is 0 Å². The van der Waals surface area contributed by atoms with Crippen LogP contribution in [0.1, 0.15) is 22.0 Å². The zero-order valence-electron chi connectivity index (χ0n) is 10.3. The number of aromatic nitrogens is 2. The molecule has 0 amide bonds. The third-order valence-electron chi connectivity index (χ3n) is 2.59. The fourth-order valence-electron chi connectivity index (χ4n) is 1.65. The second kappa shape index (κ2) is 6.83. The summed E-state index contributed by atoms with van der Waals surface area (Å²) < 4.78 is 0. The van der Waals surface area contributed by atoms with Crippen molar-refractivity contribution in [2.45, 2.75) is 19.3 Å². The number of benzene rings is 1. The van der Waals surface area contributed by atoms with Crippen molar-refractivity contribution in [1.29, 1.82) is 0 Å². The molecule has 3 nitrogen and oxygen atoms in total. The topological polar surface area (TPSA) is 37.8 Å². The first-order valence-electron chi connectivity index (χ1n) is 5.98. The maximum absolute atomic E-state index is 5.86. The maximum Gasteiger partial charge on any atom is 0.121 e. The Hall–Kier alpha value is -0.970. The lowest BCUT2D eigenvalue weighted by Crippen LogP contribution is -2.08. The second-order valence-corrected chi connectivity index (χ2v) is 5.68. The minimum absolute atomic E-state index is 0.767.